The van der Waals surface area contributed by atoms with Crippen LogP contribution in [0, 0.1) is 17.8 Å². The van der Waals surface area contributed by atoms with E-state index in [1.165, 1.54) is 14.0 Å². The van der Waals surface area contributed by atoms with Gasteiger partial charge < -0.3 is 68.5 Å². The molecule has 75 heavy (non-hydrogen) atoms. The number of aliphatic imine (C=N–C) groups is 1. The Bertz CT molecular complexity index is 2240. The molecule has 21 nitrogen and oxygen atoms in total. The van der Waals surface area contributed by atoms with Crippen molar-refractivity contribution in [1.29, 1.82) is 0 Å². The average molecular weight is 1060 g/mol. The predicted octanol–water partition coefficient (Wildman–Crippen LogP) is 3.15. The van der Waals surface area contributed by atoms with Crippen LogP contribution >= 0.6 is 0 Å². The molecule has 0 bridgehead atoms. The van der Waals surface area contributed by atoms with Crippen LogP contribution in [0.1, 0.15) is 107 Å². The second-order valence-corrected chi connectivity index (χ2v) is 23.1. The van der Waals surface area contributed by atoms with Gasteiger partial charge in [0.2, 0.25) is 0 Å². The predicted molar refractivity (Wildman–Crippen MR) is 276 cm³/mol. The summed E-state index contributed by atoms with van der Waals surface area (Å²) in [6.07, 6.45) is 2.73. The number of rotatable bonds is 13. The summed E-state index contributed by atoms with van der Waals surface area (Å²) >= 11 is 0. The van der Waals surface area contributed by atoms with E-state index in [9.17, 15) is 35.1 Å². The van der Waals surface area contributed by atoms with Crippen LogP contribution in [0.5, 0.6) is 0 Å². The molecular weight excluding hydrogens is 971 g/mol. The fourth-order valence-electron chi connectivity index (χ4n) is 12.2. The minimum Gasteiger partial charge on any atom is -0.459 e. The summed E-state index contributed by atoms with van der Waals surface area (Å²) in [5.41, 5.74) is -2.06. The summed E-state index contributed by atoms with van der Waals surface area (Å²) in [7, 11) is 5.25. The molecule has 21 heteroatoms. The fourth-order valence-corrected chi connectivity index (χ4v) is 12.2. The first-order valence-corrected chi connectivity index (χ1v) is 27.0. The highest BCUT2D eigenvalue weighted by Crippen LogP contribution is 2.41. The fraction of sp³-hybridized carbons (Fsp3) is 0.796. The van der Waals surface area contributed by atoms with Crippen molar-refractivity contribution in [2.45, 2.75) is 217 Å². The number of aromatic nitrogens is 3. The second-order valence-electron chi connectivity index (χ2n) is 23.1. The first kappa shape index (κ1) is 59.0. The van der Waals surface area contributed by atoms with Crippen molar-refractivity contribution in [3.63, 3.8) is 0 Å². The monoisotopic (exact) mass is 1060 g/mol. The van der Waals surface area contributed by atoms with Crippen molar-refractivity contribution in [3.05, 3.63) is 47.5 Å². The molecule has 6 aliphatic rings. The molecule has 1 aromatic rings. The van der Waals surface area contributed by atoms with E-state index in [4.69, 9.17) is 33.2 Å². The molecule has 0 saturated carbocycles. The van der Waals surface area contributed by atoms with Crippen LogP contribution in [0.25, 0.3) is 0 Å². The first-order chi connectivity index (χ1) is 35.3. The topological polar surface area (TPSA) is 253 Å². The number of aliphatic hydroxyl groups is 5. The van der Waals surface area contributed by atoms with Gasteiger partial charge in [0.25, 0.3) is 0 Å². The number of ether oxygens (including phenoxy) is 7. The maximum atomic E-state index is 14.5. The number of methoxy groups -OCH3 is 1. The number of hydrogen-bond donors (Lipinski definition) is 5. The number of dihydropyridines is 1. The number of amides is 1. The van der Waals surface area contributed by atoms with Crippen molar-refractivity contribution in [1.82, 2.24) is 29.7 Å². The van der Waals surface area contributed by atoms with Gasteiger partial charge in [0.1, 0.15) is 36.1 Å². The third kappa shape index (κ3) is 13.1. The number of hydrogen-bond acceptors (Lipinski definition) is 19. The van der Waals surface area contributed by atoms with Gasteiger partial charge in [-0.05, 0) is 93.8 Å². The van der Waals surface area contributed by atoms with Crippen LogP contribution in [0.3, 0.4) is 0 Å². The van der Waals surface area contributed by atoms with Crippen LogP contribution in [0.15, 0.2) is 46.8 Å². The van der Waals surface area contributed by atoms with Crippen molar-refractivity contribution >= 4 is 18.3 Å². The van der Waals surface area contributed by atoms with E-state index >= 15 is 0 Å². The SMILES string of the molecule is CC[C@H]1OC(=O)[C@H](C)[C@@H](O[C@H]2C[C@@](C)(OC)[C@@H](O)[C@H](C)O2)[C@H](C)[C@@H](O[C@@H]2O[C@H](C)C[C@H](N(C)CCc3cn(C[C@H]4CN(C5=CC=C[C@@H]6N=CCC=C56)C(=O)O4)nn3)[C@H]2O)[C@](C)(O)C[C@@H](C)CN(C)[C@H](C)[C@@H](O)[C@]1(C)O. The van der Waals surface area contributed by atoms with Crippen LogP contribution in [0.4, 0.5) is 4.79 Å². The minimum absolute atomic E-state index is 0.0922. The molecule has 5 N–H and O–H groups in total. The molecule has 422 valence electrons. The quantitative estimate of drug-likeness (QED) is 0.178. The maximum absolute atomic E-state index is 14.5. The largest absolute Gasteiger partial charge is 0.459 e. The molecule has 6 heterocycles. The molecule has 5 aliphatic heterocycles. The van der Waals surface area contributed by atoms with Gasteiger partial charge in [0.05, 0.1) is 72.1 Å². The highest BCUT2D eigenvalue weighted by Gasteiger charge is 2.53. The average Bonchev–Trinajstić information content (AvgIpc) is 3.98. The second kappa shape index (κ2) is 24.1. The van der Waals surface area contributed by atoms with E-state index in [0.29, 0.717) is 51.1 Å². The Morgan fingerprint density at radius 3 is 2.40 bits per heavy atom. The molecule has 0 unspecified atom stereocenters. The number of allylic oxidation sites excluding steroid dienone is 3. The van der Waals surface area contributed by atoms with Crippen molar-refractivity contribution in [2.75, 3.05) is 40.8 Å². The van der Waals surface area contributed by atoms with E-state index in [-0.39, 0.29) is 37.3 Å². The molecule has 4 fully saturated rings. The lowest BCUT2D eigenvalue weighted by atomic mass is 9.77. The maximum Gasteiger partial charge on any atom is 0.414 e. The number of likely N-dealkylation sites (N-methyl/N-ethyl adjacent to an activating group) is 2. The molecule has 0 radical (unpaired) electrons. The van der Waals surface area contributed by atoms with Crippen molar-refractivity contribution in [3.8, 4) is 0 Å². The van der Waals surface area contributed by atoms with Crippen LogP contribution < -0.4 is 0 Å². The zero-order chi connectivity index (χ0) is 54.9. The Balaban J connectivity index is 1.09. The highest BCUT2D eigenvalue weighted by atomic mass is 16.7. The molecule has 1 amide bonds. The van der Waals surface area contributed by atoms with E-state index in [2.05, 4.69) is 21.4 Å². The summed E-state index contributed by atoms with van der Waals surface area (Å²) in [6.45, 7) is 19.1. The summed E-state index contributed by atoms with van der Waals surface area (Å²) in [6, 6.07) is -1.15. The number of cyclic esters (lactones) is 2. The number of carbonyl (C=O) groups is 2. The van der Waals surface area contributed by atoms with E-state index in [1.807, 2.05) is 75.3 Å². The minimum atomic E-state index is -1.85. The smallest absolute Gasteiger partial charge is 0.414 e. The zero-order valence-corrected chi connectivity index (χ0v) is 46.4. The highest BCUT2D eigenvalue weighted by molar-refractivity contribution is 5.75. The van der Waals surface area contributed by atoms with E-state index in [0.717, 1.165) is 11.3 Å². The zero-order valence-electron chi connectivity index (χ0n) is 46.4. The van der Waals surface area contributed by atoms with E-state index in [1.54, 1.807) is 51.1 Å². The first-order valence-electron chi connectivity index (χ1n) is 27.0. The molecule has 1 aliphatic carbocycles. The van der Waals surface area contributed by atoms with Crippen LogP contribution in [-0.4, -0.2) is 217 Å². The standard InChI is InChI=1S/C54H87N7O14/c1-14-42-54(10,68)46(63)34(6)59(12)26-30(2)24-52(8,67)48(32(4)45(33(5)49(65)73-42)74-43-25-53(9,69-13)47(64)35(7)71-43)75-50-44(62)41(23-31(3)70-50)58(11)22-20-36-27-60(57-56-36)28-37-29-61(51(66)72-37)40-19-15-18-39-38(40)17-16-21-55-39/h15,17-19,21,27,30-35,37,39,41-48,50,62-64,67-68H,14,16,20,22-26,28-29H2,1-13H3/t30-,31-,32+,33-,34-,35+,37+,39+,41+,42-,43+,44-,45+,46-,47+,48-,50+,52-,53-,54-/m1/s1. The van der Waals surface area contributed by atoms with Crippen LogP contribution in [0.2, 0.25) is 0 Å². The summed E-state index contributed by atoms with van der Waals surface area (Å²) in [5, 5.41) is 68.6. The van der Waals surface area contributed by atoms with Gasteiger partial charge in [-0.1, -0.05) is 44.2 Å². The number of nitrogens with zero attached hydrogens (tertiary/aromatic N) is 7. The molecule has 20 atom stereocenters. The lowest BCUT2D eigenvalue weighted by molar-refractivity contribution is -0.318. The number of aliphatic hydroxyl groups excluding tert-OH is 3. The summed E-state index contributed by atoms with van der Waals surface area (Å²) in [4.78, 5) is 37.8. The molecule has 4 saturated heterocycles. The molecule has 0 spiro atoms. The Hall–Kier alpha value is -3.71. The Labute approximate surface area is 442 Å². The lowest BCUT2D eigenvalue weighted by Crippen LogP contribution is -2.61. The van der Waals surface area contributed by atoms with Gasteiger partial charge in [-0.3, -0.25) is 14.7 Å². The normalized spacial score (nSPS) is 42.6. The van der Waals surface area contributed by atoms with Crippen molar-refractivity contribution < 1.29 is 68.3 Å². The van der Waals surface area contributed by atoms with Crippen molar-refractivity contribution in [2.24, 2.45) is 22.7 Å². The lowest BCUT2D eigenvalue weighted by Gasteiger charge is -2.49. The van der Waals surface area contributed by atoms with Gasteiger partial charge >= 0.3 is 12.1 Å². The van der Waals surface area contributed by atoms with Gasteiger partial charge in [-0.15, -0.1) is 5.10 Å². The third-order valence-corrected chi connectivity index (χ3v) is 16.8. The third-order valence-electron chi connectivity index (χ3n) is 16.8. The molecule has 7 rings (SSSR count). The molecular formula is C54H87N7O14. The number of carbonyl (C=O) groups excluding carboxylic acids is 2. The van der Waals surface area contributed by atoms with Gasteiger partial charge in [-0.25, -0.2) is 9.48 Å². The van der Waals surface area contributed by atoms with Gasteiger partial charge in [0.15, 0.2) is 12.6 Å². The Morgan fingerprint density at radius 2 is 1.69 bits per heavy atom. The Kier molecular flexibility index (Phi) is 19.0. The van der Waals surface area contributed by atoms with Gasteiger partial charge in [0, 0.05) is 75.4 Å². The summed E-state index contributed by atoms with van der Waals surface area (Å²) < 4.78 is 45.8. The van der Waals surface area contributed by atoms with Gasteiger partial charge in [-0.2, -0.15) is 0 Å². The Morgan fingerprint density at radius 1 is 0.960 bits per heavy atom. The molecule has 1 aromatic heterocycles. The van der Waals surface area contributed by atoms with E-state index < -0.39 is 114 Å². The molecule has 0 aromatic carbocycles. The number of esters is 1. The number of fused-ring (bicyclic) bond motifs is 1. The van der Waals surface area contributed by atoms with Crippen LogP contribution in [-0.2, 0) is 50.9 Å². The summed E-state index contributed by atoms with van der Waals surface area (Å²) in [5.74, 6) is -2.83.